The highest BCUT2D eigenvalue weighted by Gasteiger charge is 2.04. The Kier molecular flexibility index (Phi) is 7.57. The molecular formula is C17H30NO+. The first kappa shape index (κ1) is 16.0. The summed E-state index contributed by atoms with van der Waals surface area (Å²) in [6.07, 6.45) is 3.72. The molecule has 0 radical (unpaired) electrons. The molecule has 1 aromatic rings. The molecule has 1 aromatic carbocycles. The number of quaternary nitrogens is 1. The number of hydrogen-bond acceptors (Lipinski definition) is 1. The van der Waals surface area contributed by atoms with E-state index in [2.05, 4.69) is 51.2 Å². The van der Waals surface area contributed by atoms with Crippen LogP contribution in [0.1, 0.15) is 57.1 Å². The van der Waals surface area contributed by atoms with E-state index < -0.39 is 0 Å². The third kappa shape index (κ3) is 6.11. The summed E-state index contributed by atoms with van der Waals surface area (Å²) < 4.78 is 5.81. The van der Waals surface area contributed by atoms with Gasteiger partial charge in [0.05, 0.1) is 19.7 Å². The first-order chi connectivity index (χ1) is 9.15. The molecule has 2 N–H and O–H groups in total. The lowest BCUT2D eigenvalue weighted by molar-refractivity contribution is -0.655. The van der Waals surface area contributed by atoms with Gasteiger partial charge >= 0.3 is 0 Å². The second-order valence-corrected chi connectivity index (χ2v) is 5.59. The van der Waals surface area contributed by atoms with Crippen LogP contribution in [0.25, 0.3) is 0 Å². The predicted molar refractivity (Wildman–Crippen MR) is 81.9 cm³/mol. The van der Waals surface area contributed by atoms with Crippen molar-refractivity contribution < 1.29 is 10.1 Å². The number of hydrogen-bond donors (Lipinski definition) is 1. The molecule has 0 heterocycles. The molecule has 0 fully saturated rings. The van der Waals surface area contributed by atoms with Gasteiger partial charge < -0.3 is 10.1 Å². The van der Waals surface area contributed by atoms with Gasteiger partial charge in [0.2, 0.25) is 0 Å². The summed E-state index contributed by atoms with van der Waals surface area (Å²) in [5.74, 6) is 1.60. The van der Waals surface area contributed by atoms with Gasteiger partial charge in [0.25, 0.3) is 0 Å². The molecule has 0 atom stereocenters. The lowest BCUT2D eigenvalue weighted by Gasteiger charge is -2.12. The van der Waals surface area contributed by atoms with Gasteiger partial charge in [-0.05, 0) is 42.5 Å². The van der Waals surface area contributed by atoms with Crippen molar-refractivity contribution >= 4 is 0 Å². The molecular weight excluding hydrogens is 234 g/mol. The van der Waals surface area contributed by atoms with Crippen molar-refractivity contribution in [3.05, 3.63) is 29.3 Å². The molecule has 0 aliphatic rings. The lowest BCUT2D eigenvalue weighted by atomic mass is 9.98. The van der Waals surface area contributed by atoms with Gasteiger partial charge in [-0.15, -0.1) is 0 Å². The Morgan fingerprint density at radius 3 is 2.53 bits per heavy atom. The van der Waals surface area contributed by atoms with Crippen molar-refractivity contribution in [2.45, 2.75) is 52.9 Å². The van der Waals surface area contributed by atoms with Crippen molar-refractivity contribution in [2.75, 3.05) is 19.7 Å². The first-order valence-corrected chi connectivity index (χ1v) is 7.70. The van der Waals surface area contributed by atoms with E-state index in [1.807, 2.05) is 0 Å². The molecule has 2 nitrogen and oxygen atoms in total. The quantitative estimate of drug-likeness (QED) is 0.681. The fourth-order valence-corrected chi connectivity index (χ4v) is 2.30. The van der Waals surface area contributed by atoms with Gasteiger partial charge in [0.1, 0.15) is 5.75 Å². The van der Waals surface area contributed by atoms with E-state index in [1.54, 1.807) is 0 Å². The van der Waals surface area contributed by atoms with Crippen LogP contribution in [0.4, 0.5) is 0 Å². The van der Waals surface area contributed by atoms with Gasteiger partial charge in [-0.25, -0.2) is 0 Å². The molecule has 0 aliphatic carbocycles. The first-order valence-electron chi connectivity index (χ1n) is 7.70. The van der Waals surface area contributed by atoms with Gasteiger partial charge in [-0.1, -0.05) is 33.3 Å². The zero-order chi connectivity index (χ0) is 14.1. The monoisotopic (exact) mass is 264 g/mol. The SMILES string of the molecule is CCCC[NH2+]CCCOc1ccc(C(C)C)c(C)c1. The summed E-state index contributed by atoms with van der Waals surface area (Å²) in [6.45, 7) is 12.1. The number of unbranched alkanes of at least 4 members (excludes halogenated alkanes) is 1. The zero-order valence-electron chi connectivity index (χ0n) is 13.0. The Hall–Kier alpha value is -1.02. The highest BCUT2D eigenvalue weighted by atomic mass is 16.5. The van der Waals surface area contributed by atoms with Gasteiger partial charge in [0.15, 0.2) is 0 Å². The molecule has 0 spiro atoms. The molecule has 0 amide bonds. The minimum Gasteiger partial charge on any atom is -0.493 e. The smallest absolute Gasteiger partial charge is 0.119 e. The Bertz CT molecular complexity index is 360. The highest BCUT2D eigenvalue weighted by Crippen LogP contribution is 2.23. The fourth-order valence-electron chi connectivity index (χ4n) is 2.30. The summed E-state index contributed by atoms with van der Waals surface area (Å²) >= 11 is 0. The van der Waals surface area contributed by atoms with Crippen LogP contribution in [0.2, 0.25) is 0 Å². The number of nitrogens with two attached hydrogens (primary N) is 1. The zero-order valence-corrected chi connectivity index (χ0v) is 13.0. The standard InChI is InChI=1S/C17H29NO/c1-5-6-10-18-11-7-12-19-16-8-9-17(14(2)3)15(4)13-16/h8-9,13-14,18H,5-7,10-12H2,1-4H3/p+1. The molecule has 2 heteroatoms. The van der Waals surface area contributed by atoms with Crippen LogP contribution in [0.5, 0.6) is 5.75 Å². The fraction of sp³-hybridized carbons (Fsp3) is 0.647. The summed E-state index contributed by atoms with van der Waals surface area (Å²) in [6, 6.07) is 6.46. The van der Waals surface area contributed by atoms with Crippen LogP contribution in [-0.2, 0) is 0 Å². The highest BCUT2D eigenvalue weighted by molar-refractivity contribution is 5.36. The van der Waals surface area contributed by atoms with Gasteiger partial charge in [-0.3, -0.25) is 0 Å². The summed E-state index contributed by atoms with van der Waals surface area (Å²) in [5.41, 5.74) is 2.75. The van der Waals surface area contributed by atoms with E-state index in [0.717, 1.165) is 18.8 Å². The Morgan fingerprint density at radius 2 is 1.89 bits per heavy atom. The summed E-state index contributed by atoms with van der Waals surface area (Å²) in [4.78, 5) is 0. The predicted octanol–water partition coefficient (Wildman–Crippen LogP) is 3.25. The average molecular weight is 264 g/mol. The number of benzene rings is 1. The van der Waals surface area contributed by atoms with Crippen LogP contribution < -0.4 is 10.1 Å². The maximum absolute atomic E-state index is 5.81. The molecule has 108 valence electrons. The van der Waals surface area contributed by atoms with E-state index in [9.17, 15) is 0 Å². The maximum Gasteiger partial charge on any atom is 0.119 e. The number of rotatable bonds is 9. The minimum absolute atomic E-state index is 0.585. The Balaban J connectivity index is 2.25. The summed E-state index contributed by atoms with van der Waals surface area (Å²) in [7, 11) is 0. The molecule has 19 heavy (non-hydrogen) atoms. The van der Waals surface area contributed by atoms with Crippen molar-refractivity contribution in [1.82, 2.24) is 0 Å². The van der Waals surface area contributed by atoms with Crippen molar-refractivity contribution in [3.63, 3.8) is 0 Å². The normalized spacial score (nSPS) is 11.0. The lowest BCUT2D eigenvalue weighted by Crippen LogP contribution is -2.84. The topological polar surface area (TPSA) is 25.8 Å². The molecule has 0 bridgehead atoms. The Morgan fingerprint density at radius 1 is 1.16 bits per heavy atom. The van der Waals surface area contributed by atoms with E-state index in [1.165, 1.54) is 37.1 Å². The van der Waals surface area contributed by atoms with Gasteiger partial charge in [0, 0.05) is 6.42 Å². The minimum atomic E-state index is 0.585. The van der Waals surface area contributed by atoms with Gasteiger partial charge in [-0.2, -0.15) is 0 Å². The second-order valence-electron chi connectivity index (χ2n) is 5.59. The average Bonchev–Trinajstić information content (AvgIpc) is 2.37. The van der Waals surface area contributed by atoms with E-state index in [4.69, 9.17) is 4.74 Å². The maximum atomic E-state index is 5.81. The number of aryl methyl sites for hydroxylation is 1. The second kappa shape index (κ2) is 8.98. The van der Waals surface area contributed by atoms with Crippen LogP contribution in [-0.4, -0.2) is 19.7 Å². The molecule has 0 unspecified atom stereocenters. The molecule has 0 aliphatic heterocycles. The molecule has 0 saturated heterocycles. The van der Waals surface area contributed by atoms with E-state index in [0.29, 0.717) is 5.92 Å². The number of ether oxygens (including phenoxy) is 1. The van der Waals surface area contributed by atoms with Crippen LogP contribution in [0, 0.1) is 6.92 Å². The van der Waals surface area contributed by atoms with Crippen molar-refractivity contribution in [2.24, 2.45) is 0 Å². The third-order valence-electron chi connectivity index (χ3n) is 3.45. The van der Waals surface area contributed by atoms with E-state index in [-0.39, 0.29) is 0 Å². The summed E-state index contributed by atoms with van der Waals surface area (Å²) in [5, 5.41) is 2.39. The van der Waals surface area contributed by atoms with Crippen molar-refractivity contribution in [3.8, 4) is 5.75 Å². The van der Waals surface area contributed by atoms with Crippen LogP contribution >= 0.6 is 0 Å². The van der Waals surface area contributed by atoms with Crippen LogP contribution in [0.15, 0.2) is 18.2 Å². The molecule has 0 saturated carbocycles. The Labute approximate surface area is 118 Å². The van der Waals surface area contributed by atoms with E-state index >= 15 is 0 Å². The molecule has 1 rings (SSSR count). The van der Waals surface area contributed by atoms with Crippen LogP contribution in [0.3, 0.4) is 0 Å². The third-order valence-corrected chi connectivity index (χ3v) is 3.45. The molecule has 0 aromatic heterocycles. The van der Waals surface area contributed by atoms with Crippen molar-refractivity contribution in [1.29, 1.82) is 0 Å². The largest absolute Gasteiger partial charge is 0.493 e.